The van der Waals surface area contributed by atoms with Crippen LogP contribution in [0, 0.1) is 5.82 Å². The van der Waals surface area contributed by atoms with Gasteiger partial charge in [-0.2, -0.15) is 0 Å². The van der Waals surface area contributed by atoms with E-state index in [4.69, 9.17) is 14.2 Å². The Morgan fingerprint density at radius 2 is 1.89 bits per heavy atom. The summed E-state index contributed by atoms with van der Waals surface area (Å²) in [5, 5.41) is 2.89. The lowest BCUT2D eigenvalue weighted by Gasteiger charge is -2.24. The zero-order chi connectivity index (χ0) is 19.2. The Bertz CT molecular complexity index is 782. The molecule has 1 amide bonds. The average molecular weight is 374 g/mol. The number of hydrogen-bond donors (Lipinski definition) is 1. The van der Waals surface area contributed by atoms with Crippen LogP contribution in [0.3, 0.4) is 0 Å². The minimum absolute atomic E-state index is 0.129. The number of carbonyl (C=O) groups is 1. The van der Waals surface area contributed by atoms with E-state index in [1.165, 1.54) is 12.1 Å². The highest BCUT2D eigenvalue weighted by atomic mass is 19.1. The third-order valence-corrected chi connectivity index (χ3v) is 4.38. The molecule has 1 heterocycles. The monoisotopic (exact) mass is 374 g/mol. The second-order valence-corrected chi connectivity index (χ2v) is 6.31. The summed E-state index contributed by atoms with van der Waals surface area (Å²) in [6.07, 6.45) is 0. The molecule has 0 saturated heterocycles. The molecule has 0 saturated carbocycles. The summed E-state index contributed by atoms with van der Waals surface area (Å²) in [7, 11) is 1.85. The van der Waals surface area contributed by atoms with E-state index in [0.717, 1.165) is 0 Å². The van der Waals surface area contributed by atoms with Crippen molar-refractivity contribution in [2.45, 2.75) is 13.0 Å². The summed E-state index contributed by atoms with van der Waals surface area (Å²) in [5.41, 5.74) is 0.659. The fourth-order valence-corrected chi connectivity index (χ4v) is 2.60. The van der Waals surface area contributed by atoms with Crippen LogP contribution in [-0.4, -0.2) is 50.3 Å². The van der Waals surface area contributed by atoms with Crippen LogP contribution >= 0.6 is 0 Å². The number of anilines is 1. The Morgan fingerprint density at radius 3 is 2.63 bits per heavy atom. The molecule has 2 aromatic carbocycles. The first-order valence-electron chi connectivity index (χ1n) is 8.82. The summed E-state index contributed by atoms with van der Waals surface area (Å²) < 4.78 is 29.5. The lowest BCUT2D eigenvalue weighted by atomic mass is 10.2. The summed E-state index contributed by atoms with van der Waals surface area (Å²) in [4.78, 5) is 14.4. The van der Waals surface area contributed by atoms with Gasteiger partial charge < -0.3 is 19.5 Å². The van der Waals surface area contributed by atoms with E-state index >= 15 is 0 Å². The van der Waals surface area contributed by atoms with Gasteiger partial charge in [0.25, 0.3) is 0 Å². The van der Waals surface area contributed by atoms with E-state index in [2.05, 4.69) is 5.32 Å². The molecule has 1 N–H and O–H groups in total. The number of fused-ring (bicyclic) bond motifs is 1. The van der Waals surface area contributed by atoms with Gasteiger partial charge in [0.15, 0.2) is 11.5 Å². The predicted octanol–water partition coefficient (Wildman–Crippen LogP) is 2.93. The van der Waals surface area contributed by atoms with Crippen molar-refractivity contribution in [3.05, 3.63) is 48.3 Å². The lowest BCUT2D eigenvalue weighted by molar-refractivity contribution is -0.120. The van der Waals surface area contributed by atoms with Crippen LogP contribution in [0.4, 0.5) is 10.1 Å². The third-order valence-electron chi connectivity index (χ3n) is 4.38. The van der Waals surface area contributed by atoms with Crippen molar-refractivity contribution < 1.29 is 23.4 Å². The molecule has 27 heavy (non-hydrogen) atoms. The van der Waals surface area contributed by atoms with Gasteiger partial charge in [-0.1, -0.05) is 0 Å². The molecule has 6 nitrogen and oxygen atoms in total. The number of halogens is 1. The van der Waals surface area contributed by atoms with Crippen LogP contribution < -0.4 is 19.5 Å². The van der Waals surface area contributed by atoms with Gasteiger partial charge in [-0.15, -0.1) is 0 Å². The van der Waals surface area contributed by atoms with Crippen LogP contribution in [0.1, 0.15) is 6.92 Å². The molecule has 1 aliphatic heterocycles. The van der Waals surface area contributed by atoms with Crippen molar-refractivity contribution in [1.29, 1.82) is 0 Å². The van der Waals surface area contributed by atoms with Gasteiger partial charge >= 0.3 is 0 Å². The Labute approximate surface area is 157 Å². The normalized spacial score (nSPS) is 13.9. The smallest absolute Gasteiger partial charge is 0.241 e. The zero-order valence-corrected chi connectivity index (χ0v) is 15.4. The van der Waals surface area contributed by atoms with Gasteiger partial charge in [0, 0.05) is 18.3 Å². The Balaban J connectivity index is 1.48. The van der Waals surface area contributed by atoms with Crippen molar-refractivity contribution in [2.24, 2.45) is 0 Å². The molecular weight excluding hydrogens is 351 g/mol. The molecule has 0 bridgehead atoms. The van der Waals surface area contributed by atoms with E-state index in [1.807, 2.05) is 18.9 Å². The van der Waals surface area contributed by atoms with Crippen LogP contribution in [-0.2, 0) is 4.79 Å². The molecular formula is C20H23FN2O4. The molecule has 144 valence electrons. The molecule has 0 spiro atoms. The quantitative estimate of drug-likeness (QED) is 0.808. The number of amides is 1. The van der Waals surface area contributed by atoms with Gasteiger partial charge in [0.05, 0.1) is 6.04 Å². The van der Waals surface area contributed by atoms with Crippen LogP contribution in [0.25, 0.3) is 0 Å². The van der Waals surface area contributed by atoms with Gasteiger partial charge in [-0.05, 0) is 50.4 Å². The van der Waals surface area contributed by atoms with Gasteiger partial charge in [-0.3, -0.25) is 9.69 Å². The molecule has 3 rings (SSSR count). The number of carbonyl (C=O) groups excluding carboxylic acids is 1. The number of nitrogens with zero attached hydrogens (tertiary/aromatic N) is 1. The molecule has 1 aliphatic rings. The summed E-state index contributed by atoms with van der Waals surface area (Å²) in [5.74, 6) is 1.48. The standard InChI is InChI=1S/C20H23FN2O4/c1-14(23(2)9-10-25-17-6-3-15(21)4-7-17)20(24)22-16-5-8-18-19(13-16)27-12-11-26-18/h3-8,13-14H,9-12H2,1-2H3,(H,22,24). The fraction of sp³-hybridized carbons (Fsp3) is 0.350. The van der Waals surface area contributed by atoms with E-state index in [0.29, 0.717) is 49.3 Å². The summed E-state index contributed by atoms with van der Waals surface area (Å²) in [6, 6.07) is 10.8. The minimum Gasteiger partial charge on any atom is -0.492 e. The number of ether oxygens (including phenoxy) is 3. The molecule has 0 fully saturated rings. The molecule has 1 unspecified atom stereocenters. The van der Waals surface area contributed by atoms with Gasteiger partial charge in [0.1, 0.15) is 31.4 Å². The number of benzene rings is 2. The maximum absolute atomic E-state index is 12.9. The maximum atomic E-state index is 12.9. The molecule has 1 atom stereocenters. The largest absolute Gasteiger partial charge is 0.492 e. The second kappa shape index (κ2) is 8.73. The zero-order valence-electron chi connectivity index (χ0n) is 15.4. The highest BCUT2D eigenvalue weighted by Gasteiger charge is 2.19. The van der Waals surface area contributed by atoms with Crippen molar-refractivity contribution in [3.8, 4) is 17.2 Å². The predicted molar refractivity (Wildman–Crippen MR) is 100 cm³/mol. The minimum atomic E-state index is -0.352. The molecule has 7 heteroatoms. The highest BCUT2D eigenvalue weighted by Crippen LogP contribution is 2.32. The molecule has 0 aromatic heterocycles. The van der Waals surface area contributed by atoms with E-state index in [9.17, 15) is 9.18 Å². The SMILES string of the molecule is CC(C(=O)Nc1ccc2c(c1)OCCO2)N(C)CCOc1ccc(F)cc1. The lowest BCUT2D eigenvalue weighted by Crippen LogP contribution is -2.41. The van der Waals surface area contributed by atoms with Crippen molar-refractivity contribution in [3.63, 3.8) is 0 Å². The van der Waals surface area contributed by atoms with Crippen molar-refractivity contribution in [1.82, 2.24) is 4.90 Å². The highest BCUT2D eigenvalue weighted by molar-refractivity contribution is 5.94. The number of hydrogen-bond acceptors (Lipinski definition) is 5. The molecule has 2 aromatic rings. The van der Waals surface area contributed by atoms with Crippen LogP contribution in [0.15, 0.2) is 42.5 Å². The molecule has 0 aliphatic carbocycles. The summed E-state index contributed by atoms with van der Waals surface area (Å²) in [6.45, 7) is 3.79. The Kier molecular flexibility index (Phi) is 6.13. The Hall–Kier alpha value is -2.80. The molecule has 0 radical (unpaired) electrons. The second-order valence-electron chi connectivity index (χ2n) is 6.31. The Morgan fingerprint density at radius 1 is 1.19 bits per heavy atom. The van der Waals surface area contributed by atoms with Crippen LogP contribution in [0.5, 0.6) is 17.2 Å². The fourth-order valence-electron chi connectivity index (χ4n) is 2.60. The van der Waals surface area contributed by atoms with Crippen molar-refractivity contribution >= 4 is 11.6 Å². The average Bonchev–Trinajstić information content (AvgIpc) is 2.68. The van der Waals surface area contributed by atoms with Gasteiger partial charge in [-0.25, -0.2) is 4.39 Å². The van der Waals surface area contributed by atoms with Crippen LogP contribution in [0.2, 0.25) is 0 Å². The number of rotatable bonds is 7. The van der Waals surface area contributed by atoms with E-state index in [1.54, 1.807) is 30.3 Å². The summed E-state index contributed by atoms with van der Waals surface area (Å²) >= 11 is 0. The topological polar surface area (TPSA) is 60.0 Å². The maximum Gasteiger partial charge on any atom is 0.241 e. The van der Waals surface area contributed by atoms with E-state index < -0.39 is 0 Å². The van der Waals surface area contributed by atoms with Crippen molar-refractivity contribution in [2.75, 3.05) is 38.7 Å². The third kappa shape index (κ3) is 5.10. The van der Waals surface area contributed by atoms with E-state index in [-0.39, 0.29) is 17.8 Å². The number of nitrogens with one attached hydrogen (secondary N) is 1. The first-order chi connectivity index (χ1) is 13.0. The first-order valence-corrected chi connectivity index (χ1v) is 8.82. The van der Waals surface area contributed by atoms with Gasteiger partial charge in [0.2, 0.25) is 5.91 Å². The first kappa shape index (κ1) is 19.0. The number of likely N-dealkylation sites (N-methyl/N-ethyl adjacent to an activating group) is 1.